The highest BCUT2D eigenvalue weighted by Gasteiger charge is 2.75. The summed E-state index contributed by atoms with van der Waals surface area (Å²) < 4.78 is 23.2. The van der Waals surface area contributed by atoms with Crippen molar-refractivity contribution in [1.29, 1.82) is 0 Å². The van der Waals surface area contributed by atoms with Crippen molar-refractivity contribution in [3.8, 4) is 17.2 Å². The lowest BCUT2D eigenvalue weighted by atomic mass is 9.65. The van der Waals surface area contributed by atoms with Crippen LogP contribution in [0, 0.1) is 11.8 Å². The van der Waals surface area contributed by atoms with Crippen molar-refractivity contribution in [2.24, 2.45) is 11.8 Å². The van der Waals surface area contributed by atoms with Crippen LogP contribution in [0.4, 0.5) is 5.69 Å². The van der Waals surface area contributed by atoms with Crippen LogP contribution in [0.5, 0.6) is 17.2 Å². The minimum atomic E-state index is -0.340. The molecule has 1 saturated carbocycles. The second-order valence-electron chi connectivity index (χ2n) is 11.1. The van der Waals surface area contributed by atoms with Gasteiger partial charge >= 0.3 is 5.97 Å². The highest BCUT2D eigenvalue weighted by molar-refractivity contribution is 5.91. The van der Waals surface area contributed by atoms with Crippen molar-refractivity contribution in [2.45, 2.75) is 49.4 Å². The van der Waals surface area contributed by atoms with Crippen LogP contribution in [0.3, 0.4) is 0 Å². The molecule has 8 atom stereocenters. The van der Waals surface area contributed by atoms with Crippen molar-refractivity contribution in [1.82, 2.24) is 4.90 Å². The number of esters is 1. The number of hydrogen-bond acceptors (Lipinski definition) is 7. The van der Waals surface area contributed by atoms with Crippen molar-refractivity contribution in [3.63, 3.8) is 0 Å². The number of ether oxygens (including phenoxy) is 4. The Morgan fingerprint density at radius 2 is 1.78 bits per heavy atom. The summed E-state index contributed by atoms with van der Waals surface area (Å²) in [6, 6.07) is 13.3. The highest BCUT2D eigenvalue weighted by atomic mass is 16.5. The zero-order chi connectivity index (χ0) is 25.6. The van der Waals surface area contributed by atoms with Gasteiger partial charge < -0.3 is 23.8 Å². The SMILES string of the molecule is C/C=C1/CN2[C@H]3C[C@@H]1[C@H]1C(OC(=O)c4cc(OC)c(OC)c(OC)c4)[C@]4(C[C@@H]12)c1ccccc1N(C)C34. The number of hydrogen-bond donors (Lipinski definition) is 0. The summed E-state index contributed by atoms with van der Waals surface area (Å²) in [6.45, 7) is 3.19. The van der Waals surface area contributed by atoms with E-state index in [1.807, 2.05) is 0 Å². The lowest BCUT2D eigenvalue weighted by molar-refractivity contribution is -0.0390. The van der Waals surface area contributed by atoms with Crippen molar-refractivity contribution in [3.05, 3.63) is 59.2 Å². The second-order valence-corrected chi connectivity index (χ2v) is 11.1. The van der Waals surface area contributed by atoms with Gasteiger partial charge in [-0.25, -0.2) is 4.79 Å². The summed E-state index contributed by atoms with van der Waals surface area (Å²) in [5.74, 6) is 1.75. The first kappa shape index (κ1) is 23.0. The number of rotatable bonds is 5. The molecule has 2 aromatic carbocycles. The van der Waals surface area contributed by atoms with Gasteiger partial charge in [-0.2, -0.15) is 0 Å². The zero-order valence-electron chi connectivity index (χ0n) is 22.1. The number of allylic oxidation sites excluding steroid dienone is 1. The second kappa shape index (κ2) is 7.90. The molecular weight excluding hydrogens is 468 g/mol. The van der Waals surface area contributed by atoms with E-state index in [1.165, 1.54) is 16.8 Å². The van der Waals surface area contributed by atoms with E-state index in [0.717, 1.165) is 19.4 Å². The predicted molar refractivity (Wildman–Crippen MR) is 140 cm³/mol. The first-order valence-electron chi connectivity index (χ1n) is 13.2. The van der Waals surface area contributed by atoms with Crippen LogP contribution in [0.15, 0.2) is 48.0 Å². The van der Waals surface area contributed by atoms with Gasteiger partial charge in [0.2, 0.25) is 5.75 Å². The van der Waals surface area contributed by atoms with E-state index in [4.69, 9.17) is 18.9 Å². The van der Waals surface area contributed by atoms with Crippen LogP contribution in [-0.4, -0.2) is 70.0 Å². The van der Waals surface area contributed by atoms with E-state index < -0.39 is 0 Å². The predicted octanol–water partition coefficient (Wildman–Crippen LogP) is 4.05. The van der Waals surface area contributed by atoms with E-state index in [9.17, 15) is 4.79 Å². The van der Waals surface area contributed by atoms with Crippen LogP contribution < -0.4 is 19.1 Å². The Balaban J connectivity index is 1.35. The molecule has 6 bridgehead atoms. The summed E-state index contributed by atoms with van der Waals surface area (Å²) in [5.41, 5.74) is 4.31. The number of fused-ring (bicyclic) bond motifs is 2. The monoisotopic (exact) mass is 502 g/mol. The van der Waals surface area contributed by atoms with Crippen molar-refractivity contribution >= 4 is 11.7 Å². The molecule has 0 aromatic heterocycles. The van der Waals surface area contributed by atoms with Crippen LogP contribution in [0.1, 0.15) is 35.7 Å². The van der Waals surface area contributed by atoms with Crippen LogP contribution in [-0.2, 0) is 10.2 Å². The molecule has 5 fully saturated rings. The van der Waals surface area contributed by atoms with E-state index >= 15 is 0 Å². The molecule has 5 heterocycles. The maximum atomic E-state index is 13.9. The summed E-state index contributed by atoms with van der Waals surface area (Å²) >= 11 is 0. The quantitative estimate of drug-likeness (QED) is 0.452. The molecule has 7 heteroatoms. The summed E-state index contributed by atoms with van der Waals surface area (Å²) in [4.78, 5) is 19.1. The average molecular weight is 503 g/mol. The van der Waals surface area contributed by atoms with Crippen LogP contribution in [0.25, 0.3) is 0 Å². The van der Waals surface area contributed by atoms with E-state index in [-0.39, 0.29) is 29.4 Å². The molecule has 0 radical (unpaired) electrons. The number of para-hydroxylation sites is 1. The number of benzene rings is 2. The summed E-state index contributed by atoms with van der Waals surface area (Å²) in [5, 5.41) is 0. The molecule has 6 aliphatic rings. The molecule has 5 aliphatic heterocycles. The molecule has 4 saturated heterocycles. The third-order valence-electron chi connectivity index (χ3n) is 10.1. The Bertz CT molecular complexity index is 1300. The molecule has 1 spiro atoms. The number of methoxy groups -OCH3 is 3. The molecule has 7 nitrogen and oxygen atoms in total. The van der Waals surface area contributed by atoms with Gasteiger partial charge in [-0.05, 0) is 49.4 Å². The first-order valence-corrected chi connectivity index (χ1v) is 13.2. The lowest BCUT2D eigenvalue weighted by Crippen LogP contribution is -2.68. The standard InChI is InChI=1S/C30H34N2O5/c1-6-16-15-32-21-13-18(16)25-22(32)14-30(19-9-7-8-10-20(19)31(2)27(21)30)28(25)37-29(33)17-11-23(34-3)26(36-5)24(12-17)35-4/h6-12,18,21-22,25,27-28H,13-15H2,1-5H3/b16-6-/t18-,21-,22-,25+,27?,28?,30+/m0/s1. The molecule has 3 unspecified atom stereocenters. The van der Waals surface area contributed by atoms with Gasteiger partial charge in [0, 0.05) is 37.3 Å². The highest BCUT2D eigenvalue weighted by Crippen LogP contribution is 2.68. The van der Waals surface area contributed by atoms with Gasteiger partial charge in [0.05, 0.1) is 38.3 Å². The summed E-state index contributed by atoms with van der Waals surface area (Å²) in [6.07, 6.45) is 4.24. The number of carbonyl (C=O) groups excluding carboxylic acids is 1. The third kappa shape index (κ3) is 2.73. The molecule has 0 N–H and O–H groups in total. The zero-order valence-corrected chi connectivity index (χ0v) is 22.1. The van der Waals surface area contributed by atoms with Gasteiger partial charge in [0.1, 0.15) is 6.10 Å². The van der Waals surface area contributed by atoms with Gasteiger partial charge in [-0.1, -0.05) is 29.8 Å². The van der Waals surface area contributed by atoms with E-state index in [2.05, 4.69) is 54.1 Å². The number of anilines is 1. The Morgan fingerprint density at radius 3 is 2.46 bits per heavy atom. The van der Waals surface area contributed by atoms with Gasteiger partial charge in [0.15, 0.2) is 11.5 Å². The lowest BCUT2D eigenvalue weighted by Gasteiger charge is -2.58. The Morgan fingerprint density at radius 1 is 1.05 bits per heavy atom. The number of nitrogens with zero attached hydrogens (tertiary/aromatic N) is 2. The van der Waals surface area contributed by atoms with Crippen LogP contribution >= 0.6 is 0 Å². The van der Waals surface area contributed by atoms with Gasteiger partial charge in [-0.3, -0.25) is 4.90 Å². The molecule has 37 heavy (non-hydrogen) atoms. The fraction of sp³-hybridized carbons (Fsp3) is 0.500. The molecule has 8 rings (SSSR count). The molecule has 1 aliphatic carbocycles. The molecule has 0 amide bonds. The van der Waals surface area contributed by atoms with Crippen molar-refractivity contribution in [2.75, 3.05) is 39.8 Å². The van der Waals surface area contributed by atoms with E-state index in [0.29, 0.717) is 40.8 Å². The third-order valence-corrected chi connectivity index (χ3v) is 10.1. The fourth-order valence-corrected chi connectivity index (χ4v) is 8.89. The molecule has 194 valence electrons. The van der Waals surface area contributed by atoms with Crippen LogP contribution in [0.2, 0.25) is 0 Å². The number of carbonyl (C=O) groups is 1. The Kier molecular flexibility index (Phi) is 4.91. The minimum Gasteiger partial charge on any atom is -0.493 e. The van der Waals surface area contributed by atoms with E-state index in [1.54, 1.807) is 33.5 Å². The fourth-order valence-electron chi connectivity index (χ4n) is 8.89. The maximum Gasteiger partial charge on any atom is 0.338 e. The van der Waals surface area contributed by atoms with Gasteiger partial charge in [-0.15, -0.1) is 0 Å². The topological polar surface area (TPSA) is 60.5 Å². The number of likely N-dealkylation sites (N-methyl/N-ethyl adjacent to an activating group) is 1. The maximum absolute atomic E-state index is 13.9. The Hall–Kier alpha value is -3.19. The van der Waals surface area contributed by atoms with Gasteiger partial charge in [0.25, 0.3) is 0 Å². The first-order chi connectivity index (χ1) is 18.0. The number of piperidine rings is 4. The smallest absolute Gasteiger partial charge is 0.338 e. The molecule has 2 aromatic rings. The normalized spacial score (nSPS) is 36.9. The molecular formula is C30H34N2O5. The summed E-state index contributed by atoms with van der Waals surface area (Å²) in [7, 11) is 6.91. The average Bonchev–Trinajstić information content (AvgIpc) is 3.34. The van der Waals surface area contributed by atoms with Crippen molar-refractivity contribution < 1.29 is 23.7 Å². The largest absolute Gasteiger partial charge is 0.493 e. The minimum absolute atomic E-state index is 0.212. The Labute approximate surface area is 217 Å².